The van der Waals surface area contributed by atoms with Gasteiger partial charge in [0.2, 0.25) is 0 Å². The molecule has 144 valence electrons. The second-order valence-corrected chi connectivity index (χ2v) is 6.44. The van der Waals surface area contributed by atoms with Gasteiger partial charge in [-0.2, -0.15) is 0 Å². The summed E-state index contributed by atoms with van der Waals surface area (Å²) >= 11 is 11.8. The molecule has 0 saturated heterocycles. The quantitative estimate of drug-likeness (QED) is 0.579. The van der Waals surface area contributed by atoms with Crippen molar-refractivity contribution in [3.8, 4) is 0 Å². The van der Waals surface area contributed by atoms with Crippen LogP contribution in [0.4, 0.5) is 15.8 Å². The third-order valence-electron chi connectivity index (χ3n) is 3.83. The predicted molar refractivity (Wildman–Crippen MR) is 103 cm³/mol. The number of carbonyl (C=O) groups is 3. The number of nitrogens with one attached hydrogen (secondary N) is 1. The lowest BCUT2D eigenvalue weighted by molar-refractivity contribution is -0.120. The van der Waals surface area contributed by atoms with Gasteiger partial charge in [0.25, 0.3) is 11.8 Å². The second-order valence-electron chi connectivity index (χ2n) is 5.66. The van der Waals surface area contributed by atoms with Gasteiger partial charge in [-0.25, -0.2) is 14.1 Å². The summed E-state index contributed by atoms with van der Waals surface area (Å²) in [5.41, 5.74) is 0.439. The molecule has 1 aliphatic rings. The molecule has 6 nitrogen and oxygen atoms in total. The van der Waals surface area contributed by atoms with Gasteiger partial charge in [0, 0.05) is 5.69 Å². The van der Waals surface area contributed by atoms with Crippen LogP contribution in [0.1, 0.15) is 17.3 Å². The second kappa shape index (κ2) is 8.00. The Balaban J connectivity index is 1.89. The normalized spacial score (nSPS) is 13.9. The Morgan fingerprint density at radius 2 is 1.89 bits per heavy atom. The lowest BCUT2D eigenvalue weighted by atomic mass is 10.2. The number of imide groups is 1. The summed E-state index contributed by atoms with van der Waals surface area (Å²) in [5, 5.41) is 2.19. The summed E-state index contributed by atoms with van der Waals surface area (Å²) in [6.07, 6.45) is 0. The first-order valence-corrected chi connectivity index (χ1v) is 8.87. The standard InChI is InChI=1S/C19H13Cl2FN2O4/c1-2-28-19(27)10-4-3-5-12(8-10)24-17(25)15(21)16(18(24)26)23-11-6-7-14(22)13(20)9-11/h3-9,23H,2H2,1H3. The Morgan fingerprint density at radius 3 is 2.57 bits per heavy atom. The van der Waals surface area contributed by atoms with Gasteiger partial charge >= 0.3 is 5.97 Å². The van der Waals surface area contributed by atoms with Gasteiger partial charge in [-0.1, -0.05) is 29.3 Å². The molecule has 0 saturated carbocycles. The molecule has 2 amide bonds. The number of anilines is 2. The maximum absolute atomic E-state index is 13.3. The molecule has 2 aromatic rings. The van der Waals surface area contributed by atoms with Gasteiger partial charge in [0.15, 0.2) is 0 Å². The Hall–Kier alpha value is -2.90. The Kier molecular flexibility index (Phi) is 5.67. The van der Waals surface area contributed by atoms with Crippen molar-refractivity contribution in [1.82, 2.24) is 0 Å². The van der Waals surface area contributed by atoms with Crippen LogP contribution in [0.2, 0.25) is 5.02 Å². The summed E-state index contributed by atoms with van der Waals surface area (Å²) in [7, 11) is 0. The molecule has 0 aromatic heterocycles. The highest BCUT2D eigenvalue weighted by molar-refractivity contribution is 6.53. The zero-order valence-corrected chi connectivity index (χ0v) is 16.0. The molecule has 9 heteroatoms. The van der Waals surface area contributed by atoms with Crippen LogP contribution >= 0.6 is 23.2 Å². The van der Waals surface area contributed by atoms with E-state index in [0.29, 0.717) is 0 Å². The molecule has 0 bridgehead atoms. The number of ether oxygens (including phenoxy) is 1. The highest BCUT2D eigenvalue weighted by Crippen LogP contribution is 2.31. The van der Waals surface area contributed by atoms with Crippen molar-refractivity contribution < 1.29 is 23.5 Å². The van der Waals surface area contributed by atoms with E-state index < -0.39 is 23.6 Å². The number of benzene rings is 2. The number of hydrogen-bond acceptors (Lipinski definition) is 5. The summed E-state index contributed by atoms with van der Waals surface area (Å²) in [4.78, 5) is 38.0. The topological polar surface area (TPSA) is 75.7 Å². The molecule has 0 fully saturated rings. The van der Waals surface area contributed by atoms with E-state index in [2.05, 4.69) is 5.32 Å². The van der Waals surface area contributed by atoms with Crippen molar-refractivity contribution in [3.05, 3.63) is 69.6 Å². The van der Waals surface area contributed by atoms with Gasteiger partial charge in [-0.05, 0) is 43.3 Å². The monoisotopic (exact) mass is 422 g/mol. The fourth-order valence-corrected chi connectivity index (χ4v) is 2.94. The molecule has 1 heterocycles. The van der Waals surface area contributed by atoms with E-state index in [1.54, 1.807) is 6.92 Å². The van der Waals surface area contributed by atoms with Crippen LogP contribution in [0.5, 0.6) is 0 Å². The van der Waals surface area contributed by atoms with Crippen LogP contribution in [-0.2, 0) is 14.3 Å². The first kappa shape index (κ1) is 19.9. The highest BCUT2D eigenvalue weighted by atomic mass is 35.5. The van der Waals surface area contributed by atoms with Crippen molar-refractivity contribution in [2.24, 2.45) is 0 Å². The van der Waals surface area contributed by atoms with Gasteiger partial charge < -0.3 is 10.1 Å². The smallest absolute Gasteiger partial charge is 0.338 e. The number of amides is 2. The van der Waals surface area contributed by atoms with E-state index in [1.165, 1.54) is 36.4 Å². The minimum absolute atomic E-state index is 0.155. The van der Waals surface area contributed by atoms with Crippen LogP contribution in [0.15, 0.2) is 53.2 Å². The molecular formula is C19H13Cl2FN2O4. The van der Waals surface area contributed by atoms with E-state index >= 15 is 0 Å². The minimum atomic E-state index is -0.761. The van der Waals surface area contributed by atoms with E-state index in [9.17, 15) is 18.8 Å². The largest absolute Gasteiger partial charge is 0.462 e. The maximum atomic E-state index is 13.3. The van der Waals surface area contributed by atoms with Crippen molar-refractivity contribution >= 4 is 52.4 Å². The molecule has 1 aliphatic heterocycles. The number of rotatable bonds is 5. The molecule has 1 N–H and O–H groups in total. The molecule has 2 aromatic carbocycles. The van der Waals surface area contributed by atoms with E-state index in [-0.39, 0.29) is 39.3 Å². The molecule has 0 atom stereocenters. The Labute approximate surface area is 169 Å². The van der Waals surface area contributed by atoms with E-state index in [4.69, 9.17) is 27.9 Å². The molecule has 3 rings (SSSR count). The lowest BCUT2D eigenvalue weighted by Gasteiger charge is -2.16. The van der Waals surface area contributed by atoms with E-state index in [1.807, 2.05) is 0 Å². The number of nitrogens with zero attached hydrogens (tertiary/aromatic N) is 1. The van der Waals surface area contributed by atoms with Gasteiger partial charge in [0.1, 0.15) is 16.5 Å². The van der Waals surface area contributed by atoms with Crippen molar-refractivity contribution in [3.63, 3.8) is 0 Å². The number of hydrogen-bond donors (Lipinski definition) is 1. The fourth-order valence-electron chi connectivity index (χ4n) is 2.55. The van der Waals surface area contributed by atoms with Gasteiger partial charge in [-0.3, -0.25) is 9.59 Å². The van der Waals surface area contributed by atoms with Crippen LogP contribution in [0.25, 0.3) is 0 Å². The highest BCUT2D eigenvalue weighted by Gasteiger charge is 2.39. The number of esters is 1. The third-order valence-corrected chi connectivity index (χ3v) is 4.47. The first-order chi connectivity index (χ1) is 13.3. The van der Waals surface area contributed by atoms with E-state index in [0.717, 1.165) is 11.0 Å². The summed E-state index contributed by atoms with van der Waals surface area (Å²) in [6, 6.07) is 9.58. The fraction of sp³-hybridized carbons (Fsp3) is 0.105. The van der Waals surface area contributed by atoms with Crippen LogP contribution in [-0.4, -0.2) is 24.4 Å². The van der Waals surface area contributed by atoms with Gasteiger partial charge in [-0.15, -0.1) is 0 Å². The molecule has 0 radical (unpaired) electrons. The molecule has 28 heavy (non-hydrogen) atoms. The third kappa shape index (κ3) is 3.72. The van der Waals surface area contributed by atoms with Gasteiger partial charge in [0.05, 0.1) is 22.9 Å². The van der Waals surface area contributed by atoms with Crippen LogP contribution in [0.3, 0.4) is 0 Å². The van der Waals surface area contributed by atoms with Crippen LogP contribution in [0, 0.1) is 5.82 Å². The average molecular weight is 423 g/mol. The maximum Gasteiger partial charge on any atom is 0.338 e. The van der Waals surface area contributed by atoms with Crippen molar-refractivity contribution in [2.75, 3.05) is 16.8 Å². The van der Waals surface area contributed by atoms with Crippen molar-refractivity contribution in [2.45, 2.75) is 6.92 Å². The van der Waals surface area contributed by atoms with Crippen LogP contribution < -0.4 is 10.2 Å². The average Bonchev–Trinajstić information content (AvgIpc) is 2.88. The Bertz CT molecular complexity index is 1020. The molecular weight excluding hydrogens is 410 g/mol. The molecule has 0 aliphatic carbocycles. The zero-order chi connectivity index (χ0) is 20.4. The SMILES string of the molecule is CCOC(=O)c1cccc(N2C(=O)C(Cl)=C(Nc3ccc(F)c(Cl)c3)C2=O)c1. The summed E-state index contributed by atoms with van der Waals surface area (Å²) < 4.78 is 18.2. The predicted octanol–water partition coefficient (Wildman–Crippen LogP) is 4.09. The first-order valence-electron chi connectivity index (χ1n) is 8.11. The summed E-state index contributed by atoms with van der Waals surface area (Å²) in [5.74, 6) is -2.69. The number of carbonyl (C=O) groups excluding carboxylic acids is 3. The lowest BCUT2D eigenvalue weighted by Crippen LogP contribution is -2.32. The Morgan fingerprint density at radius 1 is 1.14 bits per heavy atom. The zero-order valence-electron chi connectivity index (χ0n) is 14.5. The van der Waals surface area contributed by atoms with Crippen molar-refractivity contribution in [1.29, 1.82) is 0 Å². The summed E-state index contributed by atoms with van der Waals surface area (Å²) in [6.45, 7) is 1.85. The molecule has 0 unspecified atom stereocenters. The number of halogens is 3. The minimum Gasteiger partial charge on any atom is -0.462 e. The molecule has 0 spiro atoms.